The van der Waals surface area contributed by atoms with Crippen LogP contribution in [-0.2, 0) is 9.47 Å². The van der Waals surface area contributed by atoms with Crippen LogP contribution < -0.4 is 12.4 Å². The summed E-state index contributed by atoms with van der Waals surface area (Å²) in [6.45, 7) is 5.40. The van der Waals surface area contributed by atoms with Crippen LogP contribution in [0.25, 0.3) is 0 Å². The minimum atomic E-state index is 0. The summed E-state index contributed by atoms with van der Waals surface area (Å²) in [5, 5.41) is 0. The second-order valence-electron chi connectivity index (χ2n) is 7.84. The molecule has 4 heteroatoms. The van der Waals surface area contributed by atoms with E-state index >= 15 is 0 Å². The summed E-state index contributed by atoms with van der Waals surface area (Å²) in [6, 6.07) is 0. The smallest absolute Gasteiger partial charge is 0.147 e. The Morgan fingerprint density at radius 3 is 1.46 bits per heavy atom. The fraction of sp³-hybridized carbons (Fsp3) is 1.00. The van der Waals surface area contributed by atoms with E-state index in [0.29, 0.717) is 6.79 Å². The zero-order chi connectivity index (χ0) is 17.2. The summed E-state index contributed by atoms with van der Waals surface area (Å²) < 4.78 is 11.9. The highest BCUT2D eigenvalue weighted by Gasteiger charge is 2.05. The number of hydrogen-bond donors (Lipinski definition) is 0. The molecule has 0 saturated heterocycles. The highest BCUT2D eigenvalue weighted by molar-refractivity contribution is 4.48. The molecule has 0 spiro atoms. The number of unbranched alkanes of at least 4 members (excludes halogenated alkanes) is 11. The fourth-order valence-corrected chi connectivity index (χ4v) is 2.56. The molecule has 0 aromatic heterocycles. The van der Waals surface area contributed by atoms with E-state index in [9.17, 15) is 0 Å². The summed E-state index contributed by atoms with van der Waals surface area (Å²) in [7, 11) is 6.53. The third-order valence-corrected chi connectivity index (χ3v) is 4.22. The number of ether oxygens (including phenoxy) is 2. The average Bonchev–Trinajstić information content (AvgIpc) is 2.49. The minimum absolute atomic E-state index is 0. The normalized spacial score (nSPS) is 11.5. The van der Waals surface area contributed by atoms with Gasteiger partial charge in [-0.2, -0.15) is 0 Å². The molecule has 0 aliphatic carbocycles. The van der Waals surface area contributed by atoms with Crippen molar-refractivity contribution < 1.29 is 26.4 Å². The van der Waals surface area contributed by atoms with Crippen LogP contribution in [0, 0.1) is 0 Å². The van der Waals surface area contributed by atoms with Gasteiger partial charge in [0.05, 0.1) is 27.7 Å². The Balaban J connectivity index is 0. The SMILES string of the molecule is CCCCCCCCCCCCCCOCOCC[N+](C)(C)C.[Cl-]. The van der Waals surface area contributed by atoms with Gasteiger partial charge >= 0.3 is 0 Å². The van der Waals surface area contributed by atoms with E-state index in [2.05, 4.69) is 28.1 Å². The molecule has 0 atom stereocenters. The van der Waals surface area contributed by atoms with Gasteiger partial charge in [0.25, 0.3) is 0 Å². The zero-order valence-electron chi connectivity index (χ0n) is 17.0. The Bertz CT molecular complexity index is 232. The lowest BCUT2D eigenvalue weighted by Gasteiger charge is -2.23. The minimum Gasteiger partial charge on any atom is -1.00 e. The van der Waals surface area contributed by atoms with Gasteiger partial charge in [-0.1, -0.05) is 77.6 Å². The molecule has 0 fully saturated rings. The van der Waals surface area contributed by atoms with Crippen molar-refractivity contribution in [1.29, 1.82) is 0 Å². The maximum Gasteiger partial charge on any atom is 0.147 e. The van der Waals surface area contributed by atoms with Crippen LogP contribution in [0.4, 0.5) is 0 Å². The van der Waals surface area contributed by atoms with Crippen LogP contribution in [0.5, 0.6) is 0 Å². The molecule has 0 aliphatic heterocycles. The molecular weight excluding hydrogens is 322 g/mol. The van der Waals surface area contributed by atoms with E-state index in [-0.39, 0.29) is 12.4 Å². The number of rotatable bonds is 18. The van der Waals surface area contributed by atoms with Crippen molar-refractivity contribution in [3.05, 3.63) is 0 Å². The van der Waals surface area contributed by atoms with Crippen LogP contribution in [0.3, 0.4) is 0 Å². The molecule has 0 aliphatic rings. The van der Waals surface area contributed by atoms with Crippen molar-refractivity contribution in [3.8, 4) is 0 Å². The molecule has 0 saturated carbocycles. The van der Waals surface area contributed by atoms with E-state index in [4.69, 9.17) is 9.47 Å². The first-order chi connectivity index (χ1) is 11.1. The Morgan fingerprint density at radius 2 is 1.00 bits per heavy atom. The highest BCUT2D eigenvalue weighted by atomic mass is 35.5. The number of nitrogens with zero attached hydrogens (tertiary/aromatic N) is 1. The van der Waals surface area contributed by atoms with Crippen molar-refractivity contribution in [1.82, 2.24) is 0 Å². The van der Waals surface area contributed by atoms with E-state index < -0.39 is 0 Å². The number of halogens is 1. The number of likely N-dealkylation sites (N-methyl/N-ethyl adjacent to an activating group) is 1. The molecule has 0 bridgehead atoms. The first-order valence-corrected chi connectivity index (χ1v) is 10.0. The molecule has 3 nitrogen and oxygen atoms in total. The Kier molecular flexibility index (Phi) is 21.4. The second kappa shape index (κ2) is 19.5. The Hall–Kier alpha value is 0.170. The molecule has 0 rings (SSSR count). The third-order valence-electron chi connectivity index (χ3n) is 4.22. The predicted octanol–water partition coefficient (Wildman–Crippen LogP) is 2.39. The second-order valence-corrected chi connectivity index (χ2v) is 7.84. The fourth-order valence-electron chi connectivity index (χ4n) is 2.56. The van der Waals surface area contributed by atoms with Gasteiger partial charge in [-0.25, -0.2) is 0 Å². The maximum atomic E-state index is 5.51. The molecule has 0 radical (unpaired) electrons. The number of quaternary nitrogens is 1. The van der Waals surface area contributed by atoms with E-state index in [0.717, 1.165) is 24.2 Å². The highest BCUT2D eigenvalue weighted by Crippen LogP contribution is 2.11. The summed E-state index contributed by atoms with van der Waals surface area (Å²) in [5.41, 5.74) is 0. The largest absolute Gasteiger partial charge is 1.00 e. The summed E-state index contributed by atoms with van der Waals surface area (Å²) in [6.07, 6.45) is 16.6. The summed E-state index contributed by atoms with van der Waals surface area (Å²) in [4.78, 5) is 0. The van der Waals surface area contributed by atoms with Crippen molar-refractivity contribution in [3.63, 3.8) is 0 Å². The van der Waals surface area contributed by atoms with Crippen LogP contribution in [0.15, 0.2) is 0 Å². The average molecular weight is 366 g/mol. The van der Waals surface area contributed by atoms with Crippen LogP contribution >= 0.6 is 0 Å². The molecule has 148 valence electrons. The van der Waals surface area contributed by atoms with Crippen molar-refractivity contribution >= 4 is 0 Å². The number of hydrogen-bond acceptors (Lipinski definition) is 2. The molecular formula is C20H44ClNO2. The van der Waals surface area contributed by atoms with Gasteiger partial charge in [0.15, 0.2) is 0 Å². The van der Waals surface area contributed by atoms with E-state index in [1.54, 1.807) is 0 Å². The van der Waals surface area contributed by atoms with Crippen molar-refractivity contribution in [2.24, 2.45) is 0 Å². The monoisotopic (exact) mass is 365 g/mol. The molecule has 0 heterocycles. The lowest BCUT2D eigenvalue weighted by atomic mass is 10.1. The van der Waals surface area contributed by atoms with Gasteiger partial charge in [-0.05, 0) is 6.42 Å². The van der Waals surface area contributed by atoms with Crippen molar-refractivity contribution in [2.45, 2.75) is 84.0 Å². The van der Waals surface area contributed by atoms with Gasteiger partial charge in [0.2, 0.25) is 0 Å². The molecule has 24 heavy (non-hydrogen) atoms. The molecule has 0 amide bonds. The molecule has 0 aromatic rings. The predicted molar refractivity (Wildman–Crippen MR) is 101 cm³/mol. The van der Waals surface area contributed by atoms with Gasteiger partial charge in [0, 0.05) is 6.61 Å². The first-order valence-electron chi connectivity index (χ1n) is 10.0. The third kappa shape index (κ3) is 24.4. The lowest BCUT2D eigenvalue weighted by molar-refractivity contribution is -0.870. The van der Waals surface area contributed by atoms with E-state index in [1.165, 1.54) is 77.0 Å². The molecule has 0 N–H and O–H groups in total. The Labute approximate surface area is 158 Å². The maximum absolute atomic E-state index is 5.51. The van der Waals surface area contributed by atoms with Gasteiger partial charge in [0.1, 0.15) is 13.3 Å². The van der Waals surface area contributed by atoms with Crippen LogP contribution in [0.2, 0.25) is 0 Å². The molecule has 0 aromatic carbocycles. The van der Waals surface area contributed by atoms with E-state index in [1.807, 2.05) is 0 Å². The Morgan fingerprint density at radius 1 is 0.583 bits per heavy atom. The summed E-state index contributed by atoms with van der Waals surface area (Å²) in [5.74, 6) is 0. The quantitative estimate of drug-likeness (QED) is 0.211. The standard InChI is InChI=1S/C20H44NO2.ClH/c1-5-6-7-8-9-10-11-12-13-14-15-16-18-22-20-23-19-17-21(2,3)4;/h5-20H2,1-4H3;1H/q+1;/p-1. The van der Waals surface area contributed by atoms with Gasteiger partial charge in [-0.3, -0.25) is 0 Å². The zero-order valence-corrected chi connectivity index (χ0v) is 17.7. The first kappa shape index (κ1) is 26.4. The summed E-state index contributed by atoms with van der Waals surface area (Å²) >= 11 is 0. The topological polar surface area (TPSA) is 18.5 Å². The molecule has 0 unspecified atom stereocenters. The van der Waals surface area contributed by atoms with Gasteiger partial charge < -0.3 is 26.4 Å². The van der Waals surface area contributed by atoms with Crippen LogP contribution in [-0.4, -0.2) is 52.2 Å². The van der Waals surface area contributed by atoms with Crippen molar-refractivity contribution in [2.75, 3.05) is 47.7 Å². The van der Waals surface area contributed by atoms with Crippen LogP contribution in [0.1, 0.15) is 84.0 Å². The lowest BCUT2D eigenvalue weighted by Crippen LogP contribution is -3.00. The van der Waals surface area contributed by atoms with Gasteiger partial charge in [-0.15, -0.1) is 0 Å².